The van der Waals surface area contributed by atoms with E-state index in [1.54, 1.807) is 18.2 Å². The summed E-state index contributed by atoms with van der Waals surface area (Å²) in [6, 6.07) is 5.03. The number of carbonyl (C=O) groups is 2. The first-order valence-electron chi connectivity index (χ1n) is 4.58. The molecule has 1 heterocycles. The summed E-state index contributed by atoms with van der Waals surface area (Å²) in [7, 11) is 0. The van der Waals surface area contributed by atoms with Crippen molar-refractivity contribution in [2.24, 2.45) is 0 Å². The zero-order valence-corrected chi connectivity index (χ0v) is 8.88. The number of Topliss-reactive ketones (excluding diaryl/α,β-unsaturated/α-hetero) is 1. The topological polar surface area (TPSA) is 43.4 Å². The molecular formula is C11H9ClO3. The predicted molar refractivity (Wildman–Crippen MR) is 55.0 cm³/mol. The van der Waals surface area contributed by atoms with Crippen molar-refractivity contribution in [1.29, 1.82) is 0 Å². The van der Waals surface area contributed by atoms with Gasteiger partial charge in [0, 0.05) is 11.4 Å². The van der Waals surface area contributed by atoms with Crippen molar-refractivity contribution in [3.8, 4) is 0 Å². The number of carbonyl (C=O) groups excluding carboxylic acids is 2. The molecule has 78 valence electrons. The van der Waals surface area contributed by atoms with Crippen molar-refractivity contribution in [2.45, 2.75) is 19.4 Å². The summed E-state index contributed by atoms with van der Waals surface area (Å²) in [6.45, 7) is 1.42. The third-order valence-electron chi connectivity index (χ3n) is 2.40. The predicted octanol–water partition coefficient (Wildman–Crippen LogP) is 2.01. The Kier molecular flexibility index (Phi) is 2.49. The zero-order chi connectivity index (χ0) is 11.0. The van der Waals surface area contributed by atoms with Gasteiger partial charge in [-0.1, -0.05) is 17.7 Å². The number of esters is 1. The molecular weight excluding hydrogens is 216 g/mol. The zero-order valence-electron chi connectivity index (χ0n) is 8.12. The van der Waals surface area contributed by atoms with Gasteiger partial charge >= 0.3 is 5.97 Å². The van der Waals surface area contributed by atoms with Crippen LogP contribution in [0.1, 0.15) is 22.8 Å². The normalized spacial score (nSPS) is 19.3. The van der Waals surface area contributed by atoms with Gasteiger partial charge in [-0.2, -0.15) is 0 Å². The number of halogens is 1. The molecule has 0 N–H and O–H groups in total. The van der Waals surface area contributed by atoms with Crippen LogP contribution in [0.25, 0.3) is 0 Å². The molecule has 0 fully saturated rings. The van der Waals surface area contributed by atoms with Crippen molar-refractivity contribution in [3.63, 3.8) is 0 Å². The van der Waals surface area contributed by atoms with Gasteiger partial charge in [0.1, 0.15) is 0 Å². The van der Waals surface area contributed by atoms with Crippen LogP contribution in [-0.4, -0.2) is 17.9 Å². The molecule has 0 spiro atoms. The van der Waals surface area contributed by atoms with E-state index in [-0.39, 0.29) is 5.78 Å². The number of cyclic esters (lactones) is 1. The molecule has 1 aliphatic heterocycles. The highest BCUT2D eigenvalue weighted by Gasteiger charge is 2.28. The highest BCUT2D eigenvalue weighted by Crippen LogP contribution is 2.24. The molecule has 1 unspecified atom stereocenters. The van der Waals surface area contributed by atoms with Crippen LogP contribution < -0.4 is 0 Å². The molecule has 3 nitrogen and oxygen atoms in total. The van der Waals surface area contributed by atoms with E-state index >= 15 is 0 Å². The van der Waals surface area contributed by atoms with E-state index in [1.165, 1.54) is 6.92 Å². The van der Waals surface area contributed by atoms with Crippen molar-refractivity contribution in [2.75, 3.05) is 0 Å². The Balaban J connectivity index is 2.41. The fourth-order valence-corrected chi connectivity index (χ4v) is 1.75. The number of ketones is 1. The van der Waals surface area contributed by atoms with Crippen LogP contribution >= 0.6 is 11.6 Å². The second kappa shape index (κ2) is 3.66. The summed E-state index contributed by atoms with van der Waals surface area (Å²) >= 11 is 5.77. The average Bonchev–Trinajstić information content (AvgIpc) is 2.18. The first kappa shape index (κ1) is 10.2. The summed E-state index contributed by atoms with van der Waals surface area (Å²) < 4.78 is 4.98. The van der Waals surface area contributed by atoms with E-state index in [4.69, 9.17) is 16.3 Å². The van der Waals surface area contributed by atoms with Gasteiger partial charge in [-0.3, -0.25) is 4.79 Å². The van der Waals surface area contributed by atoms with E-state index in [0.717, 1.165) is 5.56 Å². The van der Waals surface area contributed by atoms with Crippen LogP contribution in [-0.2, 0) is 16.0 Å². The lowest BCUT2D eigenvalue weighted by Gasteiger charge is -2.22. The number of hydrogen-bond acceptors (Lipinski definition) is 3. The maximum atomic E-state index is 11.5. The minimum atomic E-state index is -0.647. The van der Waals surface area contributed by atoms with Crippen molar-refractivity contribution in [1.82, 2.24) is 0 Å². The summed E-state index contributed by atoms with van der Waals surface area (Å²) in [5.74, 6) is -0.608. The summed E-state index contributed by atoms with van der Waals surface area (Å²) in [5.41, 5.74) is 1.27. The van der Waals surface area contributed by atoms with E-state index in [2.05, 4.69) is 0 Å². The Labute approximate surface area is 92.0 Å². The van der Waals surface area contributed by atoms with Gasteiger partial charge in [-0.15, -0.1) is 0 Å². The molecule has 2 rings (SSSR count). The van der Waals surface area contributed by atoms with Gasteiger partial charge in [-0.25, -0.2) is 4.79 Å². The third kappa shape index (κ3) is 1.88. The Hall–Kier alpha value is -1.35. The van der Waals surface area contributed by atoms with Crippen LogP contribution in [0, 0.1) is 0 Å². The average molecular weight is 225 g/mol. The van der Waals surface area contributed by atoms with Crippen LogP contribution in [0.4, 0.5) is 0 Å². The molecule has 1 aromatic rings. The first-order chi connectivity index (χ1) is 7.08. The van der Waals surface area contributed by atoms with E-state index in [9.17, 15) is 9.59 Å². The SMILES string of the molecule is CC(=O)C1Cc2ccc(Cl)cc2C(=O)O1. The summed E-state index contributed by atoms with van der Waals surface area (Å²) in [6.07, 6.45) is -0.209. The molecule has 1 atom stereocenters. The van der Waals surface area contributed by atoms with Crippen LogP contribution in [0.5, 0.6) is 0 Å². The number of fused-ring (bicyclic) bond motifs is 1. The van der Waals surface area contributed by atoms with Gasteiger partial charge in [-0.05, 0) is 24.6 Å². The van der Waals surface area contributed by atoms with Gasteiger partial charge in [0.25, 0.3) is 0 Å². The van der Waals surface area contributed by atoms with Gasteiger partial charge < -0.3 is 4.74 Å². The standard InChI is InChI=1S/C11H9ClO3/c1-6(13)10-4-7-2-3-8(12)5-9(7)11(14)15-10/h2-3,5,10H,4H2,1H3. The van der Waals surface area contributed by atoms with Gasteiger partial charge in [0.2, 0.25) is 0 Å². The third-order valence-corrected chi connectivity index (χ3v) is 2.63. The molecule has 0 aromatic heterocycles. The molecule has 1 aromatic carbocycles. The fourth-order valence-electron chi connectivity index (χ4n) is 1.58. The van der Waals surface area contributed by atoms with Crippen molar-refractivity contribution >= 4 is 23.4 Å². The van der Waals surface area contributed by atoms with E-state index in [0.29, 0.717) is 17.0 Å². The Morgan fingerprint density at radius 3 is 2.93 bits per heavy atom. The lowest BCUT2D eigenvalue weighted by Crippen LogP contribution is -2.32. The van der Waals surface area contributed by atoms with Crippen LogP contribution in [0.2, 0.25) is 5.02 Å². The number of rotatable bonds is 1. The number of ether oxygens (including phenoxy) is 1. The minimum absolute atomic E-state index is 0.135. The first-order valence-corrected chi connectivity index (χ1v) is 4.95. The molecule has 1 aliphatic rings. The molecule has 0 aliphatic carbocycles. The summed E-state index contributed by atoms with van der Waals surface area (Å²) in [4.78, 5) is 22.6. The molecule has 4 heteroatoms. The second-order valence-corrected chi connectivity index (χ2v) is 3.95. The molecule has 0 amide bonds. The highest BCUT2D eigenvalue weighted by atomic mass is 35.5. The Bertz CT molecular complexity index is 439. The minimum Gasteiger partial charge on any atom is -0.450 e. The highest BCUT2D eigenvalue weighted by molar-refractivity contribution is 6.31. The maximum Gasteiger partial charge on any atom is 0.339 e. The largest absolute Gasteiger partial charge is 0.450 e. The molecule has 0 bridgehead atoms. The quantitative estimate of drug-likeness (QED) is 0.686. The molecule has 0 saturated heterocycles. The Morgan fingerprint density at radius 1 is 1.53 bits per heavy atom. The fraction of sp³-hybridized carbons (Fsp3) is 0.273. The number of benzene rings is 1. The molecule has 0 saturated carbocycles. The second-order valence-electron chi connectivity index (χ2n) is 3.51. The lowest BCUT2D eigenvalue weighted by atomic mass is 9.97. The Morgan fingerprint density at radius 2 is 2.27 bits per heavy atom. The monoisotopic (exact) mass is 224 g/mol. The lowest BCUT2D eigenvalue weighted by molar-refractivity contribution is -0.125. The van der Waals surface area contributed by atoms with Gasteiger partial charge in [0.05, 0.1) is 5.56 Å². The molecule has 15 heavy (non-hydrogen) atoms. The number of hydrogen-bond donors (Lipinski definition) is 0. The maximum absolute atomic E-state index is 11.5. The van der Waals surface area contributed by atoms with E-state index < -0.39 is 12.1 Å². The van der Waals surface area contributed by atoms with Crippen molar-refractivity contribution < 1.29 is 14.3 Å². The van der Waals surface area contributed by atoms with Crippen LogP contribution in [0.15, 0.2) is 18.2 Å². The van der Waals surface area contributed by atoms with Crippen LogP contribution in [0.3, 0.4) is 0 Å². The van der Waals surface area contributed by atoms with E-state index in [1.807, 2.05) is 0 Å². The van der Waals surface area contributed by atoms with Crippen molar-refractivity contribution in [3.05, 3.63) is 34.3 Å². The molecule has 0 radical (unpaired) electrons. The van der Waals surface area contributed by atoms with Gasteiger partial charge in [0.15, 0.2) is 11.9 Å². The smallest absolute Gasteiger partial charge is 0.339 e. The summed E-state index contributed by atoms with van der Waals surface area (Å²) in [5, 5.41) is 0.493.